The summed E-state index contributed by atoms with van der Waals surface area (Å²) in [7, 11) is 0. The second-order valence-electron chi connectivity index (χ2n) is 13.7. The molecule has 6 aliphatic rings. The first-order chi connectivity index (χ1) is 18.9. The summed E-state index contributed by atoms with van der Waals surface area (Å²) in [6, 6.07) is 37.7. The number of rotatable bonds is 5. The third-order valence-corrected chi connectivity index (χ3v) is 12.3. The third-order valence-electron chi connectivity index (χ3n) is 11.7. The lowest BCUT2D eigenvalue weighted by Gasteiger charge is -2.71. The van der Waals surface area contributed by atoms with Gasteiger partial charge in [0.2, 0.25) is 0 Å². The van der Waals surface area contributed by atoms with Gasteiger partial charge >= 0.3 is 0 Å². The molecule has 4 aromatic carbocycles. The molecule has 0 heterocycles. The zero-order valence-corrected chi connectivity index (χ0v) is 24.6. The molecule has 0 spiro atoms. The van der Waals surface area contributed by atoms with Gasteiger partial charge in [-0.25, -0.2) is 0 Å². The van der Waals surface area contributed by atoms with E-state index in [1.807, 2.05) is 0 Å². The minimum atomic E-state index is 0.386. The lowest BCUT2D eigenvalue weighted by Crippen LogP contribution is -2.67. The van der Waals surface area contributed by atoms with Crippen molar-refractivity contribution in [1.29, 1.82) is 0 Å². The maximum Gasteiger partial charge on any atom is 0.0175 e. The quantitative estimate of drug-likeness (QED) is 0.223. The van der Waals surface area contributed by atoms with E-state index in [1.165, 1.54) is 79.0 Å². The van der Waals surface area contributed by atoms with Gasteiger partial charge in [-0.1, -0.05) is 106 Å². The van der Waals surface area contributed by atoms with Gasteiger partial charge in [-0.15, -0.1) is 0 Å². The van der Waals surface area contributed by atoms with E-state index in [0.29, 0.717) is 21.7 Å². The summed E-state index contributed by atoms with van der Waals surface area (Å²) in [5, 5.41) is 0. The van der Waals surface area contributed by atoms with Crippen LogP contribution < -0.4 is 0 Å². The smallest absolute Gasteiger partial charge is 0.0175 e. The molecule has 39 heavy (non-hydrogen) atoms. The molecule has 0 saturated heterocycles. The lowest BCUT2D eigenvalue weighted by atomic mass is 9.32. The molecule has 0 radical (unpaired) electrons. The Morgan fingerprint density at radius 3 is 1.10 bits per heavy atom. The highest BCUT2D eigenvalue weighted by Gasteiger charge is 2.68. The predicted octanol–water partition coefficient (Wildman–Crippen LogP) is 10.3. The molecule has 4 bridgehead atoms. The zero-order valence-electron chi connectivity index (χ0n) is 23.0. The van der Waals surface area contributed by atoms with E-state index in [-0.39, 0.29) is 0 Å². The standard InChI is InChI=1S/C38H37Br/c1-27-2-8-32(9-3-27)37-24-38(25-37,26-37)33-12-6-29(7-13-33)28-4-10-30(11-5-28)35-18-21-36(22-19-35,23-20-35)31-14-16-34(39)17-15-31/h2-17H,18-26H2,1H3. The molecule has 4 aromatic rings. The Balaban J connectivity index is 0.950. The molecule has 0 aliphatic heterocycles. The van der Waals surface area contributed by atoms with Crippen molar-refractivity contribution < 1.29 is 0 Å². The molecule has 0 nitrogen and oxygen atoms in total. The Morgan fingerprint density at radius 1 is 0.410 bits per heavy atom. The van der Waals surface area contributed by atoms with Crippen molar-refractivity contribution in [3.8, 4) is 11.1 Å². The topological polar surface area (TPSA) is 0 Å². The molecule has 196 valence electrons. The number of fused-ring (bicyclic) bond motifs is 3. The summed E-state index contributed by atoms with van der Waals surface area (Å²) < 4.78 is 1.18. The van der Waals surface area contributed by atoms with Crippen LogP contribution in [0.15, 0.2) is 102 Å². The van der Waals surface area contributed by atoms with E-state index < -0.39 is 0 Å². The average molecular weight is 574 g/mol. The van der Waals surface area contributed by atoms with E-state index in [4.69, 9.17) is 0 Å². The van der Waals surface area contributed by atoms with Crippen molar-refractivity contribution >= 4 is 15.9 Å². The molecule has 6 aliphatic carbocycles. The van der Waals surface area contributed by atoms with Gasteiger partial charge in [0.1, 0.15) is 0 Å². The number of hydrogen-bond acceptors (Lipinski definition) is 0. The highest BCUT2D eigenvalue weighted by Crippen LogP contribution is 2.73. The first-order valence-corrected chi connectivity index (χ1v) is 15.8. The van der Waals surface area contributed by atoms with Gasteiger partial charge in [0.15, 0.2) is 0 Å². The van der Waals surface area contributed by atoms with Crippen molar-refractivity contribution in [2.24, 2.45) is 0 Å². The predicted molar refractivity (Wildman–Crippen MR) is 165 cm³/mol. The minimum absolute atomic E-state index is 0.386. The Kier molecular flexibility index (Phi) is 5.23. The van der Waals surface area contributed by atoms with Crippen molar-refractivity contribution in [3.63, 3.8) is 0 Å². The number of benzene rings is 4. The van der Waals surface area contributed by atoms with Gasteiger partial charge in [-0.05, 0) is 132 Å². The van der Waals surface area contributed by atoms with Gasteiger partial charge < -0.3 is 0 Å². The zero-order chi connectivity index (χ0) is 26.3. The molecule has 0 aromatic heterocycles. The van der Waals surface area contributed by atoms with Gasteiger partial charge in [-0.2, -0.15) is 0 Å². The number of aryl methyl sites for hydroxylation is 1. The van der Waals surface area contributed by atoms with E-state index >= 15 is 0 Å². The van der Waals surface area contributed by atoms with Gasteiger partial charge in [0.05, 0.1) is 0 Å². The highest BCUT2D eigenvalue weighted by atomic mass is 79.9. The Labute approximate surface area is 242 Å². The molecule has 0 unspecified atom stereocenters. The van der Waals surface area contributed by atoms with Crippen LogP contribution in [0, 0.1) is 6.92 Å². The van der Waals surface area contributed by atoms with Crippen molar-refractivity contribution in [2.45, 2.75) is 86.4 Å². The molecule has 6 saturated carbocycles. The van der Waals surface area contributed by atoms with Crippen molar-refractivity contribution in [2.75, 3.05) is 0 Å². The van der Waals surface area contributed by atoms with Crippen LogP contribution in [0.1, 0.15) is 85.6 Å². The van der Waals surface area contributed by atoms with Gasteiger partial charge in [0.25, 0.3) is 0 Å². The summed E-state index contributed by atoms with van der Waals surface area (Å²) in [4.78, 5) is 0. The lowest BCUT2D eigenvalue weighted by molar-refractivity contribution is -0.0693. The Hall–Kier alpha value is -2.64. The molecule has 1 heteroatoms. The minimum Gasteiger partial charge on any atom is -0.0590 e. The average Bonchev–Trinajstić information content (AvgIpc) is 2.94. The molecular weight excluding hydrogens is 536 g/mol. The molecule has 0 amide bonds. The monoisotopic (exact) mass is 572 g/mol. The van der Waals surface area contributed by atoms with E-state index in [2.05, 4.69) is 120 Å². The summed E-state index contributed by atoms with van der Waals surface area (Å²) in [6.07, 6.45) is 11.9. The second kappa shape index (κ2) is 8.43. The fourth-order valence-electron chi connectivity index (χ4n) is 9.19. The molecular formula is C38H37Br. The maximum absolute atomic E-state index is 3.61. The fourth-order valence-corrected chi connectivity index (χ4v) is 9.46. The van der Waals surface area contributed by atoms with E-state index in [0.717, 1.165) is 0 Å². The molecule has 0 N–H and O–H groups in total. The van der Waals surface area contributed by atoms with Crippen LogP contribution in [0.25, 0.3) is 11.1 Å². The summed E-state index contributed by atoms with van der Waals surface area (Å²) >= 11 is 3.61. The maximum atomic E-state index is 3.61. The fraction of sp³-hybridized carbons (Fsp3) is 0.368. The Morgan fingerprint density at radius 2 is 0.718 bits per heavy atom. The van der Waals surface area contributed by atoms with Crippen LogP contribution in [0.4, 0.5) is 0 Å². The first-order valence-electron chi connectivity index (χ1n) is 15.0. The second-order valence-corrected chi connectivity index (χ2v) is 14.6. The normalized spacial score (nSPS) is 32.4. The highest BCUT2D eigenvalue weighted by molar-refractivity contribution is 9.10. The van der Waals surface area contributed by atoms with Crippen LogP contribution in [0.2, 0.25) is 0 Å². The summed E-state index contributed by atoms with van der Waals surface area (Å²) in [5.74, 6) is 0. The van der Waals surface area contributed by atoms with E-state index in [9.17, 15) is 0 Å². The molecule has 0 atom stereocenters. The molecule has 6 fully saturated rings. The first kappa shape index (κ1) is 24.2. The largest absolute Gasteiger partial charge is 0.0590 e. The van der Waals surface area contributed by atoms with E-state index in [1.54, 1.807) is 22.3 Å². The van der Waals surface area contributed by atoms with Crippen LogP contribution in [0.3, 0.4) is 0 Å². The Bertz CT molecular complexity index is 1480. The summed E-state index contributed by atoms with van der Waals surface area (Å²) in [6.45, 7) is 2.18. The van der Waals surface area contributed by atoms with Crippen LogP contribution >= 0.6 is 15.9 Å². The van der Waals surface area contributed by atoms with Crippen LogP contribution in [-0.4, -0.2) is 0 Å². The number of halogens is 1. The SMILES string of the molecule is Cc1ccc(C23CC(c4ccc(-c5ccc(C67CCC(c8ccc(Br)cc8)(CC6)CC7)cc5)cc4)(C2)C3)cc1. The van der Waals surface area contributed by atoms with Gasteiger partial charge in [0, 0.05) is 4.47 Å². The third kappa shape index (κ3) is 3.61. The molecule has 10 rings (SSSR count). The summed E-state index contributed by atoms with van der Waals surface area (Å²) in [5.41, 5.74) is 12.0. The van der Waals surface area contributed by atoms with Crippen LogP contribution in [-0.2, 0) is 21.7 Å². The van der Waals surface area contributed by atoms with Crippen LogP contribution in [0.5, 0.6) is 0 Å². The number of hydrogen-bond donors (Lipinski definition) is 0. The van der Waals surface area contributed by atoms with Gasteiger partial charge in [-0.3, -0.25) is 0 Å². The van der Waals surface area contributed by atoms with Crippen molar-refractivity contribution in [1.82, 2.24) is 0 Å². The van der Waals surface area contributed by atoms with Crippen molar-refractivity contribution in [3.05, 3.63) is 129 Å².